The largest absolute Gasteiger partial charge is 0.469 e. The third-order valence-corrected chi connectivity index (χ3v) is 4.72. The molecule has 126 valence electrons. The Morgan fingerprint density at radius 1 is 1.00 bits per heavy atom. The van der Waals surface area contributed by atoms with Crippen LogP contribution in [0.3, 0.4) is 0 Å². The van der Waals surface area contributed by atoms with Crippen LogP contribution in [0.1, 0.15) is 63.3 Å². The first-order chi connectivity index (χ1) is 11.1. The molecule has 1 aromatic heterocycles. The van der Waals surface area contributed by atoms with Crippen molar-refractivity contribution in [3.63, 3.8) is 0 Å². The second-order valence-electron chi connectivity index (χ2n) is 6.84. The van der Waals surface area contributed by atoms with Gasteiger partial charge in [-0.25, -0.2) is 0 Å². The van der Waals surface area contributed by atoms with Gasteiger partial charge in [0.2, 0.25) is 0 Å². The van der Waals surface area contributed by atoms with Gasteiger partial charge >= 0.3 is 0 Å². The van der Waals surface area contributed by atoms with Crippen molar-refractivity contribution < 1.29 is 9.73 Å². The normalized spacial score (nSPS) is 14.1. The van der Waals surface area contributed by atoms with Crippen molar-refractivity contribution in [3.05, 3.63) is 59.0 Å². The summed E-state index contributed by atoms with van der Waals surface area (Å²) in [5, 5.41) is 3.21. The molecule has 0 spiro atoms. The Morgan fingerprint density at radius 2 is 1.74 bits per heavy atom. The molecule has 2 aromatic rings. The van der Waals surface area contributed by atoms with Crippen molar-refractivity contribution in [1.82, 2.24) is 0 Å². The van der Waals surface area contributed by atoms with Crippen LogP contribution in [0.4, 0.5) is 0 Å². The standard InChI is InChI=1S/C20H28ClNO/c1-15(2)6-7-18(20-5-4-14-23-20)12-13-22-16(3)17-8-10-19(21)11-9-17/h4-5,8-11,14-16,18,22H,6-7,12-13H2,1-3H3/p+1/t16-,18-/m0/s1. The first-order valence-corrected chi connectivity index (χ1v) is 9.06. The summed E-state index contributed by atoms with van der Waals surface area (Å²) in [6, 6.07) is 12.7. The number of nitrogens with two attached hydrogens (primary N) is 1. The fourth-order valence-corrected chi connectivity index (χ4v) is 3.06. The second-order valence-corrected chi connectivity index (χ2v) is 7.27. The molecule has 1 heterocycles. The molecule has 0 saturated heterocycles. The minimum absolute atomic E-state index is 0.453. The molecule has 0 amide bonds. The van der Waals surface area contributed by atoms with Gasteiger partial charge in [0.25, 0.3) is 0 Å². The van der Waals surface area contributed by atoms with Crippen LogP contribution in [0.25, 0.3) is 0 Å². The van der Waals surface area contributed by atoms with Crippen LogP contribution in [-0.4, -0.2) is 6.54 Å². The lowest BCUT2D eigenvalue weighted by Gasteiger charge is -2.17. The van der Waals surface area contributed by atoms with E-state index >= 15 is 0 Å². The van der Waals surface area contributed by atoms with Crippen LogP contribution in [-0.2, 0) is 0 Å². The van der Waals surface area contributed by atoms with Gasteiger partial charge in [-0.2, -0.15) is 0 Å². The highest BCUT2D eigenvalue weighted by molar-refractivity contribution is 6.30. The van der Waals surface area contributed by atoms with Gasteiger partial charge in [0, 0.05) is 22.9 Å². The molecular weight excluding hydrogens is 306 g/mol. The molecule has 0 aliphatic heterocycles. The molecule has 23 heavy (non-hydrogen) atoms. The van der Waals surface area contributed by atoms with E-state index in [1.807, 2.05) is 18.2 Å². The number of halogens is 1. The third kappa shape index (κ3) is 6.04. The summed E-state index contributed by atoms with van der Waals surface area (Å²) in [7, 11) is 0. The molecule has 0 unspecified atom stereocenters. The Kier molecular flexibility index (Phi) is 7.19. The lowest BCUT2D eigenvalue weighted by Crippen LogP contribution is -2.84. The van der Waals surface area contributed by atoms with E-state index in [2.05, 4.69) is 44.3 Å². The molecule has 2 rings (SSSR count). The fourth-order valence-electron chi connectivity index (χ4n) is 2.94. The van der Waals surface area contributed by atoms with Crippen molar-refractivity contribution in [1.29, 1.82) is 0 Å². The maximum atomic E-state index is 5.96. The summed E-state index contributed by atoms with van der Waals surface area (Å²) < 4.78 is 5.65. The SMILES string of the molecule is CC(C)CC[C@@H](CC[NH2+][C@@H](C)c1ccc(Cl)cc1)c1ccco1. The number of hydrogen-bond donors (Lipinski definition) is 1. The fraction of sp³-hybridized carbons (Fsp3) is 0.500. The zero-order valence-corrected chi connectivity index (χ0v) is 15.2. The van der Waals surface area contributed by atoms with Crippen LogP contribution >= 0.6 is 11.6 Å². The Hall–Kier alpha value is -1.25. The lowest BCUT2D eigenvalue weighted by atomic mass is 9.93. The zero-order valence-electron chi connectivity index (χ0n) is 14.5. The van der Waals surface area contributed by atoms with E-state index < -0.39 is 0 Å². The van der Waals surface area contributed by atoms with Gasteiger partial charge in [0.1, 0.15) is 11.8 Å². The molecule has 0 radical (unpaired) electrons. The molecule has 0 aliphatic rings. The maximum absolute atomic E-state index is 5.96. The molecule has 2 N–H and O–H groups in total. The van der Waals surface area contributed by atoms with Gasteiger partial charge in [0.15, 0.2) is 0 Å². The average Bonchev–Trinajstić information content (AvgIpc) is 3.05. The Morgan fingerprint density at radius 3 is 2.35 bits per heavy atom. The van der Waals surface area contributed by atoms with Gasteiger partial charge in [0.05, 0.1) is 12.8 Å². The Balaban J connectivity index is 1.84. The highest BCUT2D eigenvalue weighted by Gasteiger charge is 2.17. The number of furan rings is 1. The van der Waals surface area contributed by atoms with Gasteiger partial charge in [-0.1, -0.05) is 44.0 Å². The number of hydrogen-bond acceptors (Lipinski definition) is 1. The van der Waals surface area contributed by atoms with E-state index in [9.17, 15) is 0 Å². The summed E-state index contributed by atoms with van der Waals surface area (Å²) in [5.41, 5.74) is 1.33. The molecule has 0 fully saturated rings. The Labute approximate surface area is 145 Å². The van der Waals surface area contributed by atoms with Gasteiger partial charge in [-0.05, 0) is 43.5 Å². The molecule has 3 heteroatoms. The average molecular weight is 335 g/mol. The highest BCUT2D eigenvalue weighted by Crippen LogP contribution is 2.26. The molecular formula is C20H29ClNO+. The minimum Gasteiger partial charge on any atom is -0.469 e. The van der Waals surface area contributed by atoms with E-state index in [0.29, 0.717) is 12.0 Å². The molecule has 2 nitrogen and oxygen atoms in total. The van der Waals surface area contributed by atoms with Crippen LogP contribution in [0.2, 0.25) is 5.02 Å². The summed E-state index contributed by atoms with van der Waals surface area (Å²) in [6.45, 7) is 7.92. The van der Waals surface area contributed by atoms with Crippen molar-refractivity contribution in [2.45, 2.75) is 52.0 Å². The first-order valence-electron chi connectivity index (χ1n) is 8.68. The van der Waals surface area contributed by atoms with E-state index in [1.54, 1.807) is 6.26 Å². The first kappa shape index (κ1) is 18.1. The smallest absolute Gasteiger partial charge is 0.109 e. The predicted octanol–water partition coefficient (Wildman–Crippen LogP) is 5.17. The topological polar surface area (TPSA) is 29.8 Å². The van der Waals surface area contributed by atoms with Crippen molar-refractivity contribution >= 4 is 11.6 Å². The molecule has 1 aromatic carbocycles. The van der Waals surface area contributed by atoms with Crippen molar-refractivity contribution in [3.8, 4) is 0 Å². The van der Waals surface area contributed by atoms with Crippen LogP contribution in [0.15, 0.2) is 47.1 Å². The third-order valence-electron chi connectivity index (χ3n) is 4.47. The Bertz CT molecular complexity index is 548. The molecule has 2 atom stereocenters. The van der Waals surface area contributed by atoms with Crippen molar-refractivity contribution in [2.24, 2.45) is 5.92 Å². The number of rotatable bonds is 9. The maximum Gasteiger partial charge on any atom is 0.109 e. The number of benzene rings is 1. The summed E-state index contributed by atoms with van der Waals surface area (Å²) in [6.07, 6.45) is 5.39. The van der Waals surface area contributed by atoms with Gasteiger partial charge in [-0.15, -0.1) is 0 Å². The lowest BCUT2D eigenvalue weighted by molar-refractivity contribution is -0.693. The van der Waals surface area contributed by atoms with Crippen molar-refractivity contribution in [2.75, 3.05) is 6.54 Å². The summed E-state index contributed by atoms with van der Waals surface area (Å²) in [5.74, 6) is 2.41. The number of quaternary nitrogens is 1. The van der Waals surface area contributed by atoms with Crippen LogP contribution in [0, 0.1) is 5.92 Å². The molecule has 0 saturated carbocycles. The quantitative estimate of drug-likeness (QED) is 0.673. The van der Waals surface area contributed by atoms with Crippen LogP contribution in [0.5, 0.6) is 0 Å². The monoisotopic (exact) mass is 334 g/mol. The summed E-state index contributed by atoms with van der Waals surface area (Å²) >= 11 is 5.96. The second kappa shape index (κ2) is 9.14. The van der Waals surface area contributed by atoms with Crippen LogP contribution < -0.4 is 5.32 Å². The highest BCUT2D eigenvalue weighted by atomic mass is 35.5. The molecule has 0 bridgehead atoms. The van der Waals surface area contributed by atoms with Gasteiger partial charge in [-0.3, -0.25) is 0 Å². The van der Waals surface area contributed by atoms with Gasteiger partial charge < -0.3 is 9.73 Å². The van der Waals surface area contributed by atoms with E-state index in [1.165, 1.54) is 18.4 Å². The summed E-state index contributed by atoms with van der Waals surface area (Å²) in [4.78, 5) is 0. The minimum atomic E-state index is 0.453. The van der Waals surface area contributed by atoms with E-state index in [0.717, 1.165) is 29.7 Å². The van der Waals surface area contributed by atoms with E-state index in [-0.39, 0.29) is 0 Å². The zero-order chi connectivity index (χ0) is 16.7. The van der Waals surface area contributed by atoms with E-state index in [4.69, 9.17) is 16.0 Å². The molecule has 0 aliphatic carbocycles. The predicted molar refractivity (Wildman–Crippen MR) is 96.8 cm³/mol.